The molecule has 0 spiro atoms. The molecule has 0 bridgehead atoms. The van der Waals surface area contributed by atoms with E-state index in [4.69, 9.17) is 11.6 Å². The summed E-state index contributed by atoms with van der Waals surface area (Å²) in [6.07, 6.45) is 1.20. The SMILES string of the molecule is CC(=O)NC1CC(C(=O)Nc2ccc(-c3ccccc3S(C)(=O)=O)c(F)c2)N(C(=O)Nc2ccc(Cl)cc2)C1. The van der Waals surface area contributed by atoms with Crippen molar-refractivity contribution in [3.05, 3.63) is 77.6 Å². The number of nitrogens with one attached hydrogen (secondary N) is 3. The van der Waals surface area contributed by atoms with Gasteiger partial charge in [-0.3, -0.25) is 9.59 Å². The minimum Gasteiger partial charge on any atom is -0.352 e. The summed E-state index contributed by atoms with van der Waals surface area (Å²) in [5.74, 6) is -1.60. The number of carbonyl (C=O) groups is 3. The highest BCUT2D eigenvalue weighted by molar-refractivity contribution is 7.90. The molecule has 0 aliphatic carbocycles. The van der Waals surface area contributed by atoms with E-state index in [9.17, 15) is 22.8 Å². The Kier molecular flexibility index (Phi) is 8.22. The molecule has 4 rings (SSSR count). The number of sulfone groups is 1. The summed E-state index contributed by atoms with van der Waals surface area (Å²) < 4.78 is 39.5. The van der Waals surface area contributed by atoms with E-state index in [1.807, 2.05) is 0 Å². The van der Waals surface area contributed by atoms with Crippen molar-refractivity contribution in [3.8, 4) is 11.1 Å². The zero-order chi connectivity index (χ0) is 28.3. The van der Waals surface area contributed by atoms with Crippen molar-refractivity contribution >= 4 is 50.7 Å². The fourth-order valence-corrected chi connectivity index (χ4v) is 5.51. The van der Waals surface area contributed by atoms with E-state index in [2.05, 4.69) is 16.0 Å². The molecule has 1 aliphatic rings. The van der Waals surface area contributed by atoms with Crippen molar-refractivity contribution in [2.45, 2.75) is 30.3 Å². The predicted molar refractivity (Wildman–Crippen MR) is 147 cm³/mol. The van der Waals surface area contributed by atoms with Gasteiger partial charge in [-0.15, -0.1) is 0 Å². The zero-order valence-electron chi connectivity index (χ0n) is 21.1. The molecule has 1 aliphatic heterocycles. The molecule has 204 valence electrons. The Morgan fingerprint density at radius 3 is 2.26 bits per heavy atom. The first-order valence-electron chi connectivity index (χ1n) is 11.9. The summed E-state index contributed by atoms with van der Waals surface area (Å²) in [4.78, 5) is 39.2. The van der Waals surface area contributed by atoms with Crippen LogP contribution in [0.4, 0.5) is 20.6 Å². The molecule has 3 N–H and O–H groups in total. The Morgan fingerprint density at radius 1 is 0.949 bits per heavy atom. The summed E-state index contributed by atoms with van der Waals surface area (Å²) in [5.41, 5.74) is 0.858. The van der Waals surface area contributed by atoms with Gasteiger partial charge >= 0.3 is 6.03 Å². The minimum absolute atomic E-state index is 0.0157. The Balaban J connectivity index is 1.54. The normalized spacial score (nSPS) is 17.0. The second-order valence-corrected chi connectivity index (χ2v) is 11.6. The van der Waals surface area contributed by atoms with E-state index in [0.29, 0.717) is 10.7 Å². The lowest BCUT2D eigenvalue weighted by molar-refractivity contribution is -0.120. The van der Waals surface area contributed by atoms with E-state index in [1.54, 1.807) is 36.4 Å². The highest BCUT2D eigenvalue weighted by Gasteiger charge is 2.40. The van der Waals surface area contributed by atoms with Crippen LogP contribution in [0.1, 0.15) is 13.3 Å². The molecule has 2 unspecified atom stereocenters. The molecule has 1 heterocycles. The minimum atomic E-state index is -3.61. The first-order valence-corrected chi connectivity index (χ1v) is 14.2. The van der Waals surface area contributed by atoms with Gasteiger partial charge in [0.1, 0.15) is 11.9 Å². The number of urea groups is 1. The van der Waals surface area contributed by atoms with Gasteiger partial charge in [0.2, 0.25) is 11.8 Å². The van der Waals surface area contributed by atoms with Crippen molar-refractivity contribution in [1.82, 2.24) is 10.2 Å². The maximum Gasteiger partial charge on any atom is 0.322 e. The number of benzene rings is 3. The number of halogens is 2. The molecule has 12 heteroatoms. The Bertz CT molecular complexity index is 1530. The Morgan fingerprint density at radius 2 is 1.62 bits per heavy atom. The number of rotatable bonds is 6. The summed E-state index contributed by atoms with van der Waals surface area (Å²) in [6.45, 7) is 1.43. The fourth-order valence-electron chi connectivity index (χ4n) is 4.48. The molecule has 4 amide bonds. The topological polar surface area (TPSA) is 125 Å². The molecule has 2 atom stereocenters. The number of likely N-dealkylation sites (tertiary alicyclic amines) is 1. The fraction of sp³-hybridized carbons (Fsp3) is 0.222. The number of amides is 4. The molecule has 9 nitrogen and oxygen atoms in total. The number of carbonyl (C=O) groups excluding carboxylic acids is 3. The molecule has 0 saturated carbocycles. The predicted octanol–water partition coefficient (Wildman–Crippen LogP) is 4.30. The van der Waals surface area contributed by atoms with Gasteiger partial charge in [0, 0.05) is 53.3 Å². The summed E-state index contributed by atoms with van der Waals surface area (Å²) in [7, 11) is -3.61. The van der Waals surface area contributed by atoms with Crippen LogP contribution in [0.2, 0.25) is 5.02 Å². The highest BCUT2D eigenvalue weighted by atomic mass is 35.5. The van der Waals surface area contributed by atoms with Crippen LogP contribution in [0, 0.1) is 5.82 Å². The van der Waals surface area contributed by atoms with Gasteiger partial charge in [-0.25, -0.2) is 17.6 Å². The van der Waals surface area contributed by atoms with Crippen molar-refractivity contribution in [3.63, 3.8) is 0 Å². The first kappa shape index (κ1) is 28.1. The van der Waals surface area contributed by atoms with Gasteiger partial charge in [0.15, 0.2) is 9.84 Å². The van der Waals surface area contributed by atoms with Crippen LogP contribution in [0.3, 0.4) is 0 Å². The second kappa shape index (κ2) is 11.4. The number of hydrogen-bond donors (Lipinski definition) is 3. The highest BCUT2D eigenvalue weighted by Crippen LogP contribution is 2.31. The van der Waals surface area contributed by atoms with E-state index in [1.165, 1.54) is 36.1 Å². The average molecular weight is 573 g/mol. The third-order valence-corrected chi connectivity index (χ3v) is 7.59. The first-order chi connectivity index (χ1) is 18.4. The maximum atomic E-state index is 15.1. The lowest BCUT2D eigenvalue weighted by atomic mass is 10.0. The third-order valence-electron chi connectivity index (χ3n) is 6.18. The summed E-state index contributed by atoms with van der Waals surface area (Å²) >= 11 is 5.90. The second-order valence-electron chi connectivity index (χ2n) is 9.19. The molecule has 39 heavy (non-hydrogen) atoms. The standard InChI is InChI=1S/C27H26ClFN4O5S/c1-16(34)30-20-14-24(33(15-20)27(36)32-18-9-7-17(28)8-10-18)26(35)31-19-11-12-21(23(29)13-19)22-5-3-4-6-25(22)39(2,37)38/h3-13,20,24H,14-15H2,1-2H3,(H,30,34)(H,31,35)(H,32,36). The number of hydrogen-bond acceptors (Lipinski definition) is 5. The smallest absolute Gasteiger partial charge is 0.322 e. The maximum absolute atomic E-state index is 15.1. The third kappa shape index (κ3) is 6.73. The molecule has 1 fully saturated rings. The van der Waals surface area contributed by atoms with Crippen LogP contribution in [-0.4, -0.2) is 56.0 Å². The molecule has 3 aromatic carbocycles. The molecular formula is C27H26ClFN4O5S. The molecule has 0 radical (unpaired) electrons. The van der Waals surface area contributed by atoms with E-state index in [-0.39, 0.29) is 40.6 Å². The van der Waals surface area contributed by atoms with Crippen LogP contribution in [0.25, 0.3) is 11.1 Å². The van der Waals surface area contributed by atoms with Crippen molar-refractivity contribution in [1.29, 1.82) is 0 Å². The lowest BCUT2D eigenvalue weighted by Gasteiger charge is -2.24. The lowest BCUT2D eigenvalue weighted by Crippen LogP contribution is -2.45. The zero-order valence-corrected chi connectivity index (χ0v) is 22.6. The van der Waals surface area contributed by atoms with Gasteiger partial charge in [0.25, 0.3) is 0 Å². The van der Waals surface area contributed by atoms with Gasteiger partial charge in [0.05, 0.1) is 4.90 Å². The van der Waals surface area contributed by atoms with Crippen LogP contribution in [-0.2, 0) is 19.4 Å². The van der Waals surface area contributed by atoms with Gasteiger partial charge in [-0.2, -0.15) is 0 Å². The van der Waals surface area contributed by atoms with Crippen LogP contribution in [0.5, 0.6) is 0 Å². The summed E-state index contributed by atoms with van der Waals surface area (Å²) in [6, 6.07) is 14.5. The van der Waals surface area contributed by atoms with Crippen molar-refractivity contribution < 1.29 is 27.2 Å². The number of nitrogens with zero attached hydrogens (tertiary/aromatic N) is 1. The Hall–Kier alpha value is -3.96. The average Bonchev–Trinajstić information content (AvgIpc) is 3.28. The van der Waals surface area contributed by atoms with Gasteiger partial charge in [-0.05, 0) is 55.0 Å². The molecule has 0 aromatic heterocycles. The van der Waals surface area contributed by atoms with Crippen molar-refractivity contribution in [2.24, 2.45) is 0 Å². The van der Waals surface area contributed by atoms with Crippen molar-refractivity contribution in [2.75, 3.05) is 23.4 Å². The number of anilines is 2. The largest absolute Gasteiger partial charge is 0.352 e. The summed E-state index contributed by atoms with van der Waals surface area (Å²) in [5, 5.41) is 8.57. The Labute approximate surface area is 230 Å². The monoisotopic (exact) mass is 572 g/mol. The quantitative estimate of drug-likeness (QED) is 0.406. The van der Waals surface area contributed by atoms with Crippen LogP contribution < -0.4 is 16.0 Å². The molecular weight excluding hydrogens is 547 g/mol. The van der Waals surface area contributed by atoms with Crippen LogP contribution in [0.15, 0.2) is 71.6 Å². The molecule has 3 aromatic rings. The van der Waals surface area contributed by atoms with Crippen LogP contribution >= 0.6 is 11.6 Å². The van der Waals surface area contributed by atoms with E-state index in [0.717, 1.165) is 12.3 Å². The van der Waals surface area contributed by atoms with Gasteiger partial charge in [-0.1, -0.05) is 29.8 Å². The van der Waals surface area contributed by atoms with Gasteiger partial charge < -0.3 is 20.9 Å². The van der Waals surface area contributed by atoms with E-state index >= 15 is 4.39 Å². The molecule has 1 saturated heterocycles. The van der Waals surface area contributed by atoms with E-state index < -0.39 is 39.7 Å².